The van der Waals surface area contributed by atoms with E-state index < -0.39 is 5.82 Å². The predicted octanol–water partition coefficient (Wildman–Crippen LogP) is 2.95. The second-order valence-electron chi connectivity index (χ2n) is 5.64. The molecule has 5 heteroatoms. The molecular formula is C17H26FNO3. The number of nitrogens with one attached hydrogen (secondary N) is 1. The van der Waals surface area contributed by atoms with Gasteiger partial charge in [0, 0.05) is 26.2 Å². The molecule has 22 heavy (non-hydrogen) atoms. The molecule has 1 aromatic carbocycles. The first-order valence-electron chi connectivity index (χ1n) is 7.69. The Bertz CT molecular complexity index is 463. The smallest absolute Gasteiger partial charge is 0.220 e. The van der Waals surface area contributed by atoms with Gasteiger partial charge in [0.1, 0.15) is 0 Å². The summed E-state index contributed by atoms with van der Waals surface area (Å²) in [5, 5.41) is 2.84. The lowest BCUT2D eigenvalue weighted by Gasteiger charge is -2.08. The Hall–Kier alpha value is -1.62. The van der Waals surface area contributed by atoms with Crippen molar-refractivity contribution in [2.24, 2.45) is 5.92 Å². The molecule has 124 valence electrons. The Morgan fingerprint density at radius 3 is 2.77 bits per heavy atom. The minimum absolute atomic E-state index is 0.0277. The van der Waals surface area contributed by atoms with Gasteiger partial charge in [0.2, 0.25) is 5.91 Å². The molecule has 0 aliphatic heterocycles. The van der Waals surface area contributed by atoms with Gasteiger partial charge in [0.25, 0.3) is 0 Å². The molecule has 0 aliphatic carbocycles. The summed E-state index contributed by atoms with van der Waals surface area (Å²) in [6.45, 7) is 6.21. The first-order chi connectivity index (χ1) is 10.5. The minimum Gasteiger partial charge on any atom is -0.494 e. The number of amides is 1. The van der Waals surface area contributed by atoms with Crippen molar-refractivity contribution in [3.63, 3.8) is 0 Å². The predicted molar refractivity (Wildman–Crippen MR) is 84.6 cm³/mol. The average molecular weight is 311 g/mol. The molecule has 1 amide bonds. The number of benzene rings is 1. The highest BCUT2D eigenvalue weighted by Crippen LogP contribution is 2.18. The zero-order valence-electron chi connectivity index (χ0n) is 13.7. The first-order valence-corrected chi connectivity index (χ1v) is 7.69. The Morgan fingerprint density at radius 2 is 2.14 bits per heavy atom. The van der Waals surface area contributed by atoms with Gasteiger partial charge in [-0.25, -0.2) is 4.39 Å². The van der Waals surface area contributed by atoms with E-state index in [0.717, 1.165) is 18.6 Å². The van der Waals surface area contributed by atoms with Crippen LogP contribution in [0.2, 0.25) is 0 Å². The molecule has 0 radical (unpaired) electrons. The third-order valence-corrected chi connectivity index (χ3v) is 3.10. The van der Waals surface area contributed by atoms with Gasteiger partial charge in [-0.2, -0.15) is 0 Å². The van der Waals surface area contributed by atoms with Crippen molar-refractivity contribution in [3.8, 4) is 5.75 Å². The van der Waals surface area contributed by atoms with Crippen LogP contribution in [0.4, 0.5) is 4.39 Å². The fourth-order valence-electron chi connectivity index (χ4n) is 1.93. The number of carbonyl (C=O) groups is 1. The van der Waals surface area contributed by atoms with Crippen LogP contribution in [0.15, 0.2) is 18.2 Å². The average Bonchev–Trinajstić information content (AvgIpc) is 2.48. The van der Waals surface area contributed by atoms with Gasteiger partial charge in [-0.1, -0.05) is 19.9 Å². The summed E-state index contributed by atoms with van der Waals surface area (Å²) in [6.07, 6.45) is 1.66. The summed E-state index contributed by atoms with van der Waals surface area (Å²) >= 11 is 0. The first kappa shape index (κ1) is 18.4. The van der Waals surface area contributed by atoms with Crippen LogP contribution in [0.5, 0.6) is 5.75 Å². The van der Waals surface area contributed by atoms with Crippen LogP contribution >= 0.6 is 0 Å². The fraction of sp³-hybridized carbons (Fsp3) is 0.588. The highest BCUT2D eigenvalue weighted by atomic mass is 19.1. The van der Waals surface area contributed by atoms with E-state index >= 15 is 0 Å². The molecule has 0 aliphatic rings. The lowest BCUT2D eigenvalue weighted by molar-refractivity contribution is -0.121. The van der Waals surface area contributed by atoms with E-state index in [2.05, 4.69) is 19.2 Å². The van der Waals surface area contributed by atoms with Crippen LogP contribution < -0.4 is 10.1 Å². The SMILES string of the molecule is COc1ccc(CCC(=O)NCCCOCC(C)C)cc1F. The Morgan fingerprint density at radius 1 is 1.36 bits per heavy atom. The molecule has 1 rings (SSSR count). The standard InChI is InChI=1S/C17H26FNO3/c1-13(2)12-22-10-4-9-19-17(20)8-6-14-5-7-16(21-3)15(18)11-14/h5,7,11,13H,4,6,8-10,12H2,1-3H3,(H,19,20). The maximum atomic E-state index is 13.5. The van der Waals surface area contributed by atoms with Crippen molar-refractivity contribution in [3.05, 3.63) is 29.6 Å². The largest absolute Gasteiger partial charge is 0.494 e. The van der Waals surface area contributed by atoms with Crippen LogP contribution in [-0.2, 0) is 16.0 Å². The molecule has 1 aromatic rings. The van der Waals surface area contributed by atoms with Crippen molar-refractivity contribution < 1.29 is 18.7 Å². The van der Waals surface area contributed by atoms with Crippen molar-refractivity contribution in [2.45, 2.75) is 33.1 Å². The van der Waals surface area contributed by atoms with Gasteiger partial charge >= 0.3 is 0 Å². The second kappa shape index (κ2) is 10.2. The van der Waals surface area contributed by atoms with Crippen LogP contribution in [0, 0.1) is 11.7 Å². The Kier molecular flexibility index (Phi) is 8.51. The van der Waals surface area contributed by atoms with Gasteiger partial charge in [-0.15, -0.1) is 0 Å². The highest BCUT2D eigenvalue weighted by Gasteiger charge is 2.06. The van der Waals surface area contributed by atoms with Gasteiger partial charge in [0.05, 0.1) is 7.11 Å². The number of halogens is 1. The van der Waals surface area contributed by atoms with Crippen molar-refractivity contribution in [1.82, 2.24) is 5.32 Å². The third-order valence-electron chi connectivity index (χ3n) is 3.10. The topological polar surface area (TPSA) is 47.6 Å². The van der Waals surface area contributed by atoms with Gasteiger partial charge < -0.3 is 14.8 Å². The molecule has 0 spiro atoms. The quantitative estimate of drug-likeness (QED) is 0.676. The molecule has 4 nitrogen and oxygen atoms in total. The third kappa shape index (κ3) is 7.41. The number of carbonyl (C=O) groups excluding carboxylic acids is 1. The summed E-state index contributed by atoms with van der Waals surface area (Å²) < 4.78 is 23.8. The summed E-state index contributed by atoms with van der Waals surface area (Å²) in [5.74, 6) is 0.317. The normalized spacial score (nSPS) is 10.8. The molecule has 0 unspecified atom stereocenters. The van der Waals surface area contributed by atoms with E-state index in [1.165, 1.54) is 13.2 Å². The van der Waals surface area contributed by atoms with Crippen molar-refractivity contribution >= 4 is 5.91 Å². The highest BCUT2D eigenvalue weighted by molar-refractivity contribution is 5.76. The molecule has 0 aromatic heterocycles. The van der Waals surface area contributed by atoms with Gasteiger partial charge in [-0.3, -0.25) is 4.79 Å². The monoisotopic (exact) mass is 311 g/mol. The molecule has 0 atom stereocenters. The fourth-order valence-corrected chi connectivity index (χ4v) is 1.93. The Balaban J connectivity index is 2.16. The summed E-state index contributed by atoms with van der Waals surface area (Å²) in [7, 11) is 1.43. The van der Waals surface area contributed by atoms with E-state index in [1.54, 1.807) is 12.1 Å². The van der Waals surface area contributed by atoms with Crippen LogP contribution in [-0.4, -0.2) is 32.8 Å². The van der Waals surface area contributed by atoms with Crippen LogP contribution in [0.1, 0.15) is 32.3 Å². The zero-order chi connectivity index (χ0) is 16.4. The second-order valence-corrected chi connectivity index (χ2v) is 5.64. The molecule has 1 N–H and O–H groups in total. The van der Waals surface area contributed by atoms with E-state index in [4.69, 9.17) is 9.47 Å². The number of ether oxygens (including phenoxy) is 2. The number of aryl methyl sites for hydroxylation is 1. The lowest BCUT2D eigenvalue weighted by atomic mass is 10.1. The van der Waals surface area contributed by atoms with Crippen LogP contribution in [0.25, 0.3) is 0 Å². The van der Waals surface area contributed by atoms with E-state index in [1.807, 2.05) is 0 Å². The number of methoxy groups -OCH3 is 1. The number of rotatable bonds is 10. The summed E-state index contributed by atoms with van der Waals surface area (Å²) in [4.78, 5) is 11.7. The van der Waals surface area contributed by atoms with Gasteiger partial charge in [0.15, 0.2) is 11.6 Å². The van der Waals surface area contributed by atoms with Crippen molar-refractivity contribution in [1.29, 1.82) is 0 Å². The summed E-state index contributed by atoms with van der Waals surface area (Å²) in [6, 6.07) is 4.76. The summed E-state index contributed by atoms with van der Waals surface area (Å²) in [5.41, 5.74) is 0.786. The number of hydrogen-bond acceptors (Lipinski definition) is 3. The van der Waals surface area contributed by atoms with Crippen LogP contribution in [0.3, 0.4) is 0 Å². The maximum absolute atomic E-state index is 13.5. The van der Waals surface area contributed by atoms with E-state index in [9.17, 15) is 9.18 Å². The minimum atomic E-state index is -0.400. The van der Waals surface area contributed by atoms with E-state index in [-0.39, 0.29) is 11.7 Å². The maximum Gasteiger partial charge on any atom is 0.220 e. The molecule has 0 heterocycles. The molecule has 0 saturated carbocycles. The zero-order valence-corrected chi connectivity index (χ0v) is 13.7. The molecule has 0 fully saturated rings. The lowest BCUT2D eigenvalue weighted by Crippen LogP contribution is -2.25. The molecular weight excluding hydrogens is 285 g/mol. The van der Waals surface area contributed by atoms with E-state index in [0.29, 0.717) is 31.9 Å². The Labute approximate surface area is 132 Å². The number of hydrogen-bond donors (Lipinski definition) is 1. The van der Waals surface area contributed by atoms with Crippen molar-refractivity contribution in [2.75, 3.05) is 26.9 Å². The molecule has 0 saturated heterocycles. The van der Waals surface area contributed by atoms with Gasteiger partial charge in [-0.05, 0) is 36.5 Å². The molecule has 0 bridgehead atoms.